The molecule has 0 N–H and O–H groups in total. The topological polar surface area (TPSA) is 78.9 Å². The van der Waals surface area contributed by atoms with Gasteiger partial charge >= 0.3 is 17.9 Å². The first kappa shape index (κ1) is 75.1. The van der Waals surface area contributed by atoms with Crippen molar-refractivity contribution in [1.29, 1.82) is 0 Å². The van der Waals surface area contributed by atoms with E-state index in [1.807, 2.05) is 0 Å². The van der Waals surface area contributed by atoms with Crippen molar-refractivity contribution in [2.75, 3.05) is 13.2 Å². The molecule has 0 aliphatic rings. The summed E-state index contributed by atoms with van der Waals surface area (Å²) in [6.45, 7) is 6.39. The molecule has 79 heavy (non-hydrogen) atoms. The molecule has 0 fully saturated rings. The summed E-state index contributed by atoms with van der Waals surface area (Å²) in [4.78, 5) is 38.2. The van der Waals surface area contributed by atoms with E-state index in [9.17, 15) is 14.4 Å². The summed E-state index contributed by atoms with van der Waals surface area (Å²) in [5.74, 6) is -0.922. The number of carbonyl (C=O) groups is 3. The molecule has 0 aromatic carbocycles. The van der Waals surface area contributed by atoms with Crippen LogP contribution in [0.1, 0.15) is 316 Å². The van der Waals surface area contributed by atoms with E-state index in [0.717, 1.165) is 109 Å². The fraction of sp³-hybridized carbons (Fsp3) is 0.712. The Hall–Kier alpha value is -3.93. The van der Waals surface area contributed by atoms with Gasteiger partial charge in [0, 0.05) is 19.3 Å². The smallest absolute Gasteiger partial charge is 0.306 e. The summed E-state index contributed by atoms with van der Waals surface area (Å²) in [5.41, 5.74) is 0. The van der Waals surface area contributed by atoms with Gasteiger partial charge in [0.05, 0.1) is 0 Å². The van der Waals surface area contributed by atoms with Gasteiger partial charge in [0.15, 0.2) is 6.10 Å². The summed E-state index contributed by atoms with van der Waals surface area (Å²) < 4.78 is 16.9. The van der Waals surface area contributed by atoms with Crippen molar-refractivity contribution in [2.45, 2.75) is 322 Å². The van der Waals surface area contributed by atoms with E-state index in [1.165, 1.54) is 161 Å². The molecule has 6 nitrogen and oxygen atoms in total. The van der Waals surface area contributed by atoms with Crippen LogP contribution in [0.25, 0.3) is 0 Å². The molecule has 0 rings (SSSR count). The van der Waals surface area contributed by atoms with Gasteiger partial charge in [-0.15, -0.1) is 0 Å². The summed E-state index contributed by atoms with van der Waals surface area (Å²) in [6.07, 6.45) is 91.3. The van der Waals surface area contributed by atoms with E-state index in [4.69, 9.17) is 14.2 Å². The van der Waals surface area contributed by atoms with E-state index in [-0.39, 0.29) is 37.5 Å². The van der Waals surface area contributed by atoms with E-state index < -0.39 is 6.10 Å². The predicted molar refractivity (Wildman–Crippen MR) is 343 cm³/mol. The molecule has 0 aromatic heterocycles. The van der Waals surface area contributed by atoms with Crippen LogP contribution in [0.3, 0.4) is 0 Å². The van der Waals surface area contributed by atoms with Crippen LogP contribution < -0.4 is 0 Å². The molecule has 0 spiro atoms. The highest BCUT2D eigenvalue weighted by molar-refractivity contribution is 5.71. The molecule has 0 amide bonds. The Kier molecular flexibility index (Phi) is 63.3. The van der Waals surface area contributed by atoms with Gasteiger partial charge < -0.3 is 14.2 Å². The highest BCUT2D eigenvalue weighted by Gasteiger charge is 2.19. The average Bonchev–Trinajstić information content (AvgIpc) is 3.45. The molecule has 0 saturated carbocycles. The predicted octanol–water partition coefficient (Wildman–Crippen LogP) is 23.0. The normalized spacial score (nSPS) is 12.8. The summed E-state index contributed by atoms with van der Waals surface area (Å²) in [7, 11) is 0. The second-order valence-corrected chi connectivity index (χ2v) is 22.0. The van der Waals surface area contributed by atoms with Crippen LogP contribution in [0.5, 0.6) is 0 Å². The van der Waals surface area contributed by atoms with E-state index in [2.05, 4.69) is 130 Å². The van der Waals surface area contributed by atoms with Gasteiger partial charge in [0.2, 0.25) is 0 Å². The largest absolute Gasteiger partial charge is 0.462 e. The minimum atomic E-state index is -0.797. The fourth-order valence-electron chi connectivity index (χ4n) is 9.35. The first-order valence-corrected chi connectivity index (χ1v) is 33.4. The number of ether oxygens (including phenoxy) is 3. The van der Waals surface area contributed by atoms with Crippen molar-refractivity contribution in [2.24, 2.45) is 0 Å². The lowest BCUT2D eigenvalue weighted by molar-refractivity contribution is -0.167. The van der Waals surface area contributed by atoms with Crippen LogP contribution in [0.4, 0.5) is 0 Å². The molecule has 0 saturated heterocycles. The Morgan fingerprint density at radius 3 is 0.797 bits per heavy atom. The minimum Gasteiger partial charge on any atom is -0.462 e. The average molecular weight is 1100 g/mol. The van der Waals surface area contributed by atoms with Gasteiger partial charge in [-0.1, -0.05) is 304 Å². The molecule has 452 valence electrons. The number of hydrogen-bond donors (Lipinski definition) is 0. The summed E-state index contributed by atoms with van der Waals surface area (Å²) in [6, 6.07) is 0. The SMILES string of the molecule is CC/C=C\C/C=C\C/C=C\C/C=C\C/C=C\CCCCCCCCCCCCCCCCCCCCCC(=O)OCC(COC(=O)CCCCCCCCCCCCC)OC(=O)CCCC/C=C\C/C=C\C/C=C\C/C=C\CC. The van der Waals surface area contributed by atoms with E-state index in [0.29, 0.717) is 19.3 Å². The zero-order chi connectivity index (χ0) is 57.1. The maximum atomic E-state index is 12.8. The van der Waals surface area contributed by atoms with Crippen LogP contribution in [0.15, 0.2) is 109 Å². The van der Waals surface area contributed by atoms with Crippen molar-refractivity contribution >= 4 is 17.9 Å². The Morgan fingerprint density at radius 1 is 0.266 bits per heavy atom. The minimum absolute atomic E-state index is 0.0904. The van der Waals surface area contributed by atoms with Gasteiger partial charge in [-0.2, -0.15) is 0 Å². The lowest BCUT2D eigenvalue weighted by atomic mass is 10.0. The Balaban J connectivity index is 4.10. The molecular formula is C73H124O6. The lowest BCUT2D eigenvalue weighted by Gasteiger charge is -2.18. The van der Waals surface area contributed by atoms with Gasteiger partial charge in [-0.25, -0.2) is 0 Å². The van der Waals surface area contributed by atoms with Crippen molar-refractivity contribution in [3.05, 3.63) is 109 Å². The van der Waals surface area contributed by atoms with Crippen LogP contribution >= 0.6 is 0 Å². The van der Waals surface area contributed by atoms with E-state index in [1.54, 1.807) is 0 Å². The molecule has 0 bridgehead atoms. The molecule has 1 atom stereocenters. The van der Waals surface area contributed by atoms with Crippen molar-refractivity contribution < 1.29 is 28.6 Å². The highest BCUT2D eigenvalue weighted by Crippen LogP contribution is 2.17. The van der Waals surface area contributed by atoms with E-state index >= 15 is 0 Å². The monoisotopic (exact) mass is 1100 g/mol. The third-order valence-electron chi connectivity index (χ3n) is 14.3. The number of hydrogen-bond acceptors (Lipinski definition) is 6. The molecule has 0 heterocycles. The number of allylic oxidation sites excluding steroid dienone is 18. The molecule has 0 aliphatic carbocycles. The maximum absolute atomic E-state index is 12.8. The van der Waals surface area contributed by atoms with Crippen LogP contribution in [0, 0.1) is 0 Å². The quantitative estimate of drug-likeness (QED) is 0.0261. The maximum Gasteiger partial charge on any atom is 0.306 e. The zero-order valence-electron chi connectivity index (χ0n) is 51.9. The molecule has 0 aliphatic heterocycles. The summed E-state index contributed by atoms with van der Waals surface area (Å²) >= 11 is 0. The van der Waals surface area contributed by atoms with Gasteiger partial charge in [-0.3, -0.25) is 14.4 Å². The summed E-state index contributed by atoms with van der Waals surface area (Å²) in [5, 5.41) is 0. The Morgan fingerprint density at radius 2 is 0.494 bits per heavy atom. The molecule has 0 radical (unpaired) electrons. The number of unbranched alkanes of at least 4 members (excludes halogenated alkanes) is 31. The zero-order valence-corrected chi connectivity index (χ0v) is 51.9. The third-order valence-corrected chi connectivity index (χ3v) is 14.3. The van der Waals surface area contributed by atoms with Gasteiger partial charge in [-0.05, 0) is 103 Å². The molecule has 6 heteroatoms. The number of esters is 3. The molecule has 1 unspecified atom stereocenters. The van der Waals surface area contributed by atoms with Crippen LogP contribution in [-0.4, -0.2) is 37.2 Å². The first-order valence-electron chi connectivity index (χ1n) is 33.4. The Bertz CT molecular complexity index is 1590. The van der Waals surface area contributed by atoms with Crippen LogP contribution in [-0.2, 0) is 28.6 Å². The second-order valence-electron chi connectivity index (χ2n) is 22.0. The van der Waals surface area contributed by atoms with Gasteiger partial charge in [0.1, 0.15) is 13.2 Å². The number of rotatable bonds is 60. The Labute approximate surface area is 489 Å². The molecule has 0 aromatic rings. The fourth-order valence-corrected chi connectivity index (χ4v) is 9.35. The van der Waals surface area contributed by atoms with Crippen molar-refractivity contribution in [3.8, 4) is 0 Å². The van der Waals surface area contributed by atoms with Crippen molar-refractivity contribution in [1.82, 2.24) is 0 Å². The second kappa shape index (κ2) is 66.6. The third kappa shape index (κ3) is 64.8. The van der Waals surface area contributed by atoms with Crippen molar-refractivity contribution in [3.63, 3.8) is 0 Å². The van der Waals surface area contributed by atoms with Gasteiger partial charge in [0.25, 0.3) is 0 Å². The highest BCUT2D eigenvalue weighted by atomic mass is 16.6. The first-order chi connectivity index (χ1) is 39.0. The standard InChI is InChI=1S/C73H124O6/c1-4-7-10-13-16-19-22-24-26-27-28-29-30-31-32-33-34-35-36-37-38-39-40-41-42-43-44-45-47-48-51-54-57-60-63-66-72(75)78-69-70(68-77-71(74)65-62-59-56-53-50-21-18-15-12-9-6-3)79-73(76)67-64-61-58-55-52-49-46-25-23-20-17-14-11-8-5-2/h7-8,10-11,16-17,19-20,24-26,28-29,31-32,46,52,55,70H,4-6,9,12-15,18,21-23,27,30,33-45,47-51,53-54,56-69H2,1-3H3/b10-7-,11-8-,19-16-,20-17-,26-24-,29-28-,32-31-,46-25-,55-52-. The number of carbonyl (C=O) groups excluding carboxylic acids is 3. The van der Waals surface area contributed by atoms with Crippen LogP contribution in [0.2, 0.25) is 0 Å². The lowest BCUT2D eigenvalue weighted by Crippen LogP contribution is -2.30. The molecular weight excluding hydrogens is 973 g/mol.